The summed E-state index contributed by atoms with van der Waals surface area (Å²) in [6.07, 6.45) is 2.33. The van der Waals surface area contributed by atoms with E-state index in [-0.39, 0.29) is 5.76 Å². The lowest BCUT2D eigenvalue weighted by atomic mass is 10.1. The fourth-order valence-corrected chi connectivity index (χ4v) is 2.95. The number of aryl methyl sites for hydroxylation is 2. The second kappa shape index (κ2) is 4.98. The number of fused-ring (bicyclic) bond motifs is 1. The smallest absolute Gasteiger partial charge is 0.371 e. The van der Waals surface area contributed by atoms with E-state index in [4.69, 9.17) is 14.5 Å². The monoisotopic (exact) mass is 310 g/mol. The lowest BCUT2D eigenvalue weighted by Crippen LogP contribution is -2.04. The minimum Gasteiger partial charge on any atom is -0.475 e. The molecule has 2 aromatic heterocycles. The van der Waals surface area contributed by atoms with Crippen LogP contribution in [0.1, 0.15) is 52.0 Å². The third-order valence-corrected chi connectivity index (χ3v) is 4.52. The number of furan rings is 1. The van der Waals surface area contributed by atoms with Crippen LogP contribution >= 0.6 is 0 Å². The Labute approximate surface area is 133 Å². The second-order valence-electron chi connectivity index (χ2n) is 6.33. The van der Waals surface area contributed by atoms with Gasteiger partial charge in [-0.3, -0.25) is 0 Å². The van der Waals surface area contributed by atoms with Gasteiger partial charge in [0.25, 0.3) is 0 Å². The summed E-state index contributed by atoms with van der Waals surface area (Å²) in [4.78, 5) is 15.8. The van der Waals surface area contributed by atoms with Crippen LogP contribution in [0.5, 0.6) is 0 Å². The summed E-state index contributed by atoms with van der Waals surface area (Å²) >= 11 is 0. The Morgan fingerprint density at radius 2 is 2.04 bits per heavy atom. The number of hydrogen-bond donors (Lipinski definition) is 1. The normalized spacial score (nSPS) is 14.5. The van der Waals surface area contributed by atoms with Crippen molar-refractivity contribution < 1.29 is 14.3 Å². The lowest BCUT2D eigenvalue weighted by molar-refractivity contribution is 0.0660. The first-order valence-corrected chi connectivity index (χ1v) is 7.82. The molecule has 0 amide bonds. The van der Waals surface area contributed by atoms with Gasteiger partial charge in [-0.25, -0.2) is 9.78 Å². The number of carbonyl (C=O) groups is 1. The minimum atomic E-state index is -1.04. The summed E-state index contributed by atoms with van der Waals surface area (Å²) in [7, 11) is 0. The fraction of sp³-hybridized carbons (Fsp3) is 0.333. The predicted octanol–water partition coefficient (Wildman–Crippen LogP) is 3.87. The molecule has 1 fully saturated rings. The van der Waals surface area contributed by atoms with E-state index in [9.17, 15) is 4.79 Å². The first kappa shape index (κ1) is 14.1. The predicted molar refractivity (Wildman–Crippen MR) is 86.0 cm³/mol. The van der Waals surface area contributed by atoms with Gasteiger partial charge in [0.1, 0.15) is 11.6 Å². The molecule has 5 heteroatoms. The van der Waals surface area contributed by atoms with Crippen LogP contribution < -0.4 is 0 Å². The zero-order valence-corrected chi connectivity index (χ0v) is 13.2. The molecule has 118 valence electrons. The Bertz CT molecular complexity index is 916. The van der Waals surface area contributed by atoms with Crippen LogP contribution in [-0.2, 0) is 6.54 Å². The highest BCUT2D eigenvalue weighted by atomic mass is 16.4. The van der Waals surface area contributed by atoms with Crippen LogP contribution in [-0.4, -0.2) is 20.6 Å². The molecule has 1 aromatic carbocycles. The lowest BCUT2D eigenvalue weighted by Gasteiger charge is -2.08. The summed E-state index contributed by atoms with van der Waals surface area (Å²) in [6.45, 7) is 4.70. The maximum atomic E-state index is 11.0. The average molecular weight is 310 g/mol. The number of hydrogen-bond acceptors (Lipinski definition) is 3. The number of carboxylic acid groups (broad SMARTS) is 1. The van der Waals surface area contributed by atoms with Crippen molar-refractivity contribution >= 4 is 17.0 Å². The van der Waals surface area contributed by atoms with Gasteiger partial charge in [0.05, 0.1) is 17.6 Å². The van der Waals surface area contributed by atoms with Crippen LogP contribution in [0.15, 0.2) is 28.7 Å². The molecular formula is C18H18N2O3. The molecule has 1 aliphatic carbocycles. The second-order valence-corrected chi connectivity index (χ2v) is 6.33. The Kier molecular flexibility index (Phi) is 3.04. The van der Waals surface area contributed by atoms with E-state index in [1.165, 1.54) is 30.0 Å². The number of aromatic nitrogens is 2. The highest BCUT2D eigenvalue weighted by Gasteiger charge is 2.30. The Morgan fingerprint density at radius 3 is 2.70 bits per heavy atom. The Hall–Kier alpha value is -2.56. The summed E-state index contributed by atoms with van der Waals surface area (Å²) < 4.78 is 7.60. The highest BCUT2D eigenvalue weighted by Crippen LogP contribution is 2.41. The number of aromatic carboxylic acids is 1. The zero-order chi connectivity index (χ0) is 16.1. The maximum absolute atomic E-state index is 11.0. The fourth-order valence-electron chi connectivity index (χ4n) is 2.95. The van der Waals surface area contributed by atoms with Crippen molar-refractivity contribution in [1.29, 1.82) is 0 Å². The van der Waals surface area contributed by atoms with Crippen molar-refractivity contribution in [2.45, 2.75) is 39.2 Å². The molecule has 0 unspecified atom stereocenters. The molecule has 2 heterocycles. The van der Waals surface area contributed by atoms with Crippen molar-refractivity contribution in [1.82, 2.24) is 9.55 Å². The van der Waals surface area contributed by atoms with E-state index < -0.39 is 5.97 Å². The van der Waals surface area contributed by atoms with Gasteiger partial charge in [-0.2, -0.15) is 0 Å². The van der Waals surface area contributed by atoms with E-state index in [0.717, 1.165) is 16.9 Å². The molecule has 0 aliphatic heterocycles. The molecule has 1 saturated carbocycles. The number of nitrogens with zero attached hydrogens (tertiary/aromatic N) is 2. The van der Waals surface area contributed by atoms with Gasteiger partial charge in [0, 0.05) is 5.92 Å². The van der Waals surface area contributed by atoms with Gasteiger partial charge in [-0.05, 0) is 62.1 Å². The quantitative estimate of drug-likeness (QED) is 0.794. The van der Waals surface area contributed by atoms with Crippen LogP contribution in [0.2, 0.25) is 0 Å². The average Bonchev–Trinajstić information content (AvgIpc) is 3.15. The number of benzene rings is 1. The molecule has 1 N–H and O–H groups in total. The van der Waals surface area contributed by atoms with E-state index in [1.807, 2.05) is 0 Å². The highest BCUT2D eigenvalue weighted by molar-refractivity contribution is 5.84. The zero-order valence-electron chi connectivity index (χ0n) is 13.2. The standard InChI is InChI=1S/C18H18N2O3/c1-10-7-14-15(8-11(10)2)20(17(19-14)12-3-4-12)9-13-5-6-16(23-13)18(21)22/h5-8,12H,3-4,9H2,1-2H3,(H,21,22). The number of rotatable bonds is 4. The van der Waals surface area contributed by atoms with E-state index in [2.05, 4.69) is 30.5 Å². The maximum Gasteiger partial charge on any atom is 0.371 e. The summed E-state index contributed by atoms with van der Waals surface area (Å²) in [6, 6.07) is 7.51. The summed E-state index contributed by atoms with van der Waals surface area (Å²) in [5.74, 6) is 1.17. The van der Waals surface area contributed by atoms with E-state index in [0.29, 0.717) is 18.2 Å². The molecule has 3 aromatic rings. The van der Waals surface area contributed by atoms with Gasteiger partial charge >= 0.3 is 5.97 Å². The largest absolute Gasteiger partial charge is 0.475 e. The molecule has 0 bridgehead atoms. The van der Waals surface area contributed by atoms with Crippen molar-refractivity contribution in [3.05, 3.63) is 52.7 Å². The van der Waals surface area contributed by atoms with Crippen LogP contribution in [0, 0.1) is 13.8 Å². The summed E-state index contributed by atoms with van der Waals surface area (Å²) in [5, 5.41) is 9.00. The van der Waals surface area contributed by atoms with Crippen LogP contribution in [0.25, 0.3) is 11.0 Å². The SMILES string of the molecule is Cc1cc2nc(C3CC3)n(Cc3ccc(C(=O)O)o3)c2cc1C. The molecule has 0 atom stereocenters. The molecule has 0 radical (unpaired) electrons. The molecule has 5 nitrogen and oxygen atoms in total. The van der Waals surface area contributed by atoms with Crippen molar-refractivity contribution in [3.63, 3.8) is 0 Å². The van der Waals surface area contributed by atoms with Gasteiger partial charge in [0.15, 0.2) is 0 Å². The van der Waals surface area contributed by atoms with E-state index in [1.54, 1.807) is 6.07 Å². The Balaban J connectivity index is 1.81. The molecule has 0 saturated heterocycles. The van der Waals surface area contributed by atoms with Crippen molar-refractivity contribution in [2.24, 2.45) is 0 Å². The van der Waals surface area contributed by atoms with Gasteiger partial charge in [0.2, 0.25) is 5.76 Å². The number of imidazole rings is 1. The minimum absolute atomic E-state index is 0.0237. The van der Waals surface area contributed by atoms with Crippen molar-refractivity contribution in [2.75, 3.05) is 0 Å². The first-order chi connectivity index (χ1) is 11.0. The van der Waals surface area contributed by atoms with Crippen LogP contribution in [0.4, 0.5) is 0 Å². The molecule has 0 spiro atoms. The summed E-state index contributed by atoms with van der Waals surface area (Å²) in [5.41, 5.74) is 4.55. The third kappa shape index (κ3) is 2.42. The molecule has 4 rings (SSSR count). The van der Waals surface area contributed by atoms with Crippen LogP contribution in [0.3, 0.4) is 0 Å². The third-order valence-electron chi connectivity index (χ3n) is 4.52. The Morgan fingerprint density at radius 1 is 1.30 bits per heavy atom. The van der Waals surface area contributed by atoms with E-state index >= 15 is 0 Å². The molecule has 23 heavy (non-hydrogen) atoms. The van der Waals surface area contributed by atoms with Gasteiger partial charge in [-0.15, -0.1) is 0 Å². The first-order valence-electron chi connectivity index (χ1n) is 7.82. The molecular weight excluding hydrogens is 292 g/mol. The molecule has 1 aliphatic rings. The topological polar surface area (TPSA) is 68.3 Å². The van der Waals surface area contributed by atoms with Crippen molar-refractivity contribution in [3.8, 4) is 0 Å². The number of carboxylic acids is 1. The van der Waals surface area contributed by atoms with Gasteiger partial charge in [-0.1, -0.05) is 0 Å². The van der Waals surface area contributed by atoms with Gasteiger partial charge < -0.3 is 14.1 Å².